The first-order valence-electron chi connectivity index (χ1n) is 9.59. The minimum absolute atomic E-state index is 0.0340. The van der Waals surface area contributed by atoms with Gasteiger partial charge in [-0.25, -0.2) is 4.79 Å². The number of piperidine rings is 1. The first-order valence-corrected chi connectivity index (χ1v) is 9.59. The van der Waals surface area contributed by atoms with Gasteiger partial charge in [-0.3, -0.25) is 4.79 Å². The fourth-order valence-electron chi connectivity index (χ4n) is 3.77. The van der Waals surface area contributed by atoms with Gasteiger partial charge in [0.15, 0.2) is 0 Å². The number of nitrogens with two attached hydrogens (primary N) is 1. The maximum Gasteiger partial charge on any atom is 0.312 e. The predicted molar refractivity (Wildman–Crippen MR) is 108 cm³/mol. The molecule has 0 aromatic heterocycles. The van der Waals surface area contributed by atoms with E-state index < -0.39 is 12.1 Å². The summed E-state index contributed by atoms with van der Waals surface area (Å²) in [6, 6.07) is 16.5. The molecule has 2 aromatic rings. The molecule has 0 spiro atoms. The predicted octanol–water partition coefficient (Wildman–Crippen LogP) is 3.20. The number of methoxy groups -OCH3 is 1. The molecular weight excluding hydrogens is 354 g/mol. The van der Waals surface area contributed by atoms with Gasteiger partial charge < -0.3 is 20.7 Å². The fourth-order valence-corrected chi connectivity index (χ4v) is 3.77. The van der Waals surface area contributed by atoms with Crippen LogP contribution in [0, 0.1) is 0 Å². The molecular formula is C22H27N3O3. The second-order valence-electron chi connectivity index (χ2n) is 7.11. The van der Waals surface area contributed by atoms with Crippen LogP contribution >= 0.6 is 0 Å². The van der Waals surface area contributed by atoms with E-state index >= 15 is 0 Å². The zero-order chi connectivity index (χ0) is 19.9. The summed E-state index contributed by atoms with van der Waals surface area (Å²) in [5, 5.41) is 2.69. The van der Waals surface area contributed by atoms with Crippen molar-refractivity contribution in [3.63, 3.8) is 0 Å². The molecule has 1 fully saturated rings. The van der Waals surface area contributed by atoms with Crippen LogP contribution in [0.4, 0.5) is 4.79 Å². The molecule has 28 heavy (non-hydrogen) atoms. The Hall–Kier alpha value is -3.02. The van der Waals surface area contributed by atoms with Crippen LogP contribution in [0.1, 0.15) is 42.3 Å². The lowest BCUT2D eigenvalue weighted by molar-refractivity contribution is -0.132. The van der Waals surface area contributed by atoms with E-state index in [4.69, 9.17) is 10.5 Å². The minimum atomic E-state index is -0.626. The van der Waals surface area contributed by atoms with E-state index in [1.54, 1.807) is 7.11 Å². The number of carbonyl (C=O) groups is 2. The molecule has 6 heteroatoms. The van der Waals surface area contributed by atoms with E-state index in [9.17, 15) is 9.59 Å². The van der Waals surface area contributed by atoms with Gasteiger partial charge in [-0.2, -0.15) is 0 Å². The topological polar surface area (TPSA) is 84.7 Å². The van der Waals surface area contributed by atoms with Crippen molar-refractivity contribution in [2.75, 3.05) is 20.2 Å². The summed E-state index contributed by atoms with van der Waals surface area (Å²) >= 11 is 0. The summed E-state index contributed by atoms with van der Waals surface area (Å²) < 4.78 is 5.31. The molecule has 6 nitrogen and oxygen atoms in total. The van der Waals surface area contributed by atoms with E-state index in [0.29, 0.717) is 19.0 Å². The first kappa shape index (κ1) is 19.7. The smallest absolute Gasteiger partial charge is 0.312 e. The van der Waals surface area contributed by atoms with Gasteiger partial charge in [0.2, 0.25) is 5.91 Å². The molecule has 1 heterocycles. The SMILES string of the molecule is COc1cccc(C2CCN(C(=O)CC(NC(N)=O)c3ccccc3)CC2)c1. The van der Waals surface area contributed by atoms with Crippen LogP contribution in [0.3, 0.4) is 0 Å². The lowest BCUT2D eigenvalue weighted by Crippen LogP contribution is -2.41. The van der Waals surface area contributed by atoms with E-state index in [-0.39, 0.29) is 12.3 Å². The number of hydrogen-bond acceptors (Lipinski definition) is 3. The Morgan fingerprint density at radius 2 is 1.86 bits per heavy atom. The number of amides is 3. The first-order chi connectivity index (χ1) is 13.6. The van der Waals surface area contributed by atoms with Gasteiger partial charge in [0.05, 0.1) is 19.6 Å². The number of ether oxygens (including phenoxy) is 1. The second-order valence-corrected chi connectivity index (χ2v) is 7.11. The molecule has 1 aliphatic rings. The minimum Gasteiger partial charge on any atom is -0.497 e. The number of urea groups is 1. The van der Waals surface area contributed by atoms with Gasteiger partial charge in [0.1, 0.15) is 5.75 Å². The van der Waals surface area contributed by atoms with E-state index in [1.807, 2.05) is 47.4 Å². The van der Waals surface area contributed by atoms with Crippen LogP contribution in [-0.4, -0.2) is 37.0 Å². The highest BCUT2D eigenvalue weighted by Gasteiger charge is 2.26. The summed E-state index contributed by atoms with van der Waals surface area (Å²) in [6.07, 6.45) is 2.03. The summed E-state index contributed by atoms with van der Waals surface area (Å²) in [6.45, 7) is 1.41. The van der Waals surface area contributed by atoms with Gasteiger partial charge in [0.25, 0.3) is 0 Å². The number of carbonyl (C=O) groups excluding carboxylic acids is 2. The Morgan fingerprint density at radius 3 is 2.50 bits per heavy atom. The maximum atomic E-state index is 12.8. The van der Waals surface area contributed by atoms with Crippen molar-refractivity contribution >= 4 is 11.9 Å². The van der Waals surface area contributed by atoms with Crippen molar-refractivity contribution in [2.24, 2.45) is 5.73 Å². The van der Waals surface area contributed by atoms with Crippen LogP contribution in [0.5, 0.6) is 5.75 Å². The highest BCUT2D eigenvalue weighted by Crippen LogP contribution is 2.30. The number of benzene rings is 2. The quantitative estimate of drug-likeness (QED) is 0.806. The van der Waals surface area contributed by atoms with Gasteiger partial charge in [-0.1, -0.05) is 42.5 Å². The van der Waals surface area contributed by atoms with E-state index in [1.165, 1.54) is 5.56 Å². The summed E-state index contributed by atoms with van der Waals surface area (Å²) in [5.41, 5.74) is 7.44. The van der Waals surface area contributed by atoms with Crippen LogP contribution in [0.15, 0.2) is 54.6 Å². The number of primary amides is 1. The van der Waals surface area contributed by atoms with Crippen LogP contribution in [0.2, 0.25) is 0 Å². The molecule has 0 bridgehead atoms. The molecule has 0 saturated carbocycles. The molecule has 3 rings (SSSR count). The Bertz CT molecular complexity index is 802. The van der Waals surface area contributed by atoms with Crippen molar-refractivity contribution in [3.05, 3.63) is 65.7 Å². The summed E-state index contributed by atoms with van der Waals surface area (Å²) in [4.78, 5) is 26.1. The third-order valence-electron chi connectivity index (χ3n) is 5.31. The van der Waals surface area contributed by atoms with E-state index in [2.05, 4.69) is 17.4 Å². The molecule has 0 aliphatic carbocycles. The second kappa shape index (κ2) is 9.26. The van der Waals surface area contributed by atoms with Crippen LogP contribution in [-0.2, 0) is 4.79 Å². The average Bonchev–Trinajstić information content (AvgIpc) is 2.73. The highest BCUT2D eigenvalue weighted by atomic mass is 16.5. The lowest BCUT2D eigenvalue weighted by atomic mass is 9.89. The largest absolute Gasteiger partial charge is 0.497 e. The number of nitrogens with zero attached hydrogens (tertiary/aromatic N) is 1. The van der Waals surface area contributed by atoms with Gasteiger partial charge in [0, 0.05) is 13.1 Å². The molecule has 148 valence electrons. The number of hydrogen-bond donors (Lipinski definition) is 2. The summed E-state index contributed by atoms with van der Waals surface area (Å²) in [5.74, 6) is 1.32. The molecule has 3 N–H and O–H groups in total. The van der Waals surface area contributed by atoms with E-state index in [0.717, 1.165) is 24.2 Å². The van der Waals surface area contributed by atoms with Gasteiger partial charge in [-0.15, -0.1) is 0 Å². The highest BCUT2D eigenvalue weighted by molar-refractivity contribution is 5.79. The lowest BCUT2D eigenvalue weighted by Gasteiger charge is -2.33. The van der Waals surface area contributed by atoms with Crippen molar-refractivity contribution in [1.29, 1.82) is 0 Å². The monoisotopic (exact) mass is 381 g/mol. The Labute approximate surface area is 165 Å². The van der Waals surface area contributed by atoms with Crippen LogP contribution in [0.25, 0.3) is 0 Å². The van der Waals surface area contributed by atoms with Gasteiger partial charge >= 0.3 is 6.03 Å². The Kier molecular flexibility index (Phi) is 6.53. The molecule has 1 unspecified atom stereocenters. The molecule has 1 atom stereocenters. The maximum absolute atomic E-state index is 12.8. The molecule has 3 amide bonds. The van der Waals surface area contributed by atoms with Crippen molar-refractivity contribution < 1.29 is 14.3 Å². The normalized spacial score (nSPS) is 15.7. The Morgan fingerprint density at radius 1 is 1.14 bits per heavy atom. The zero-order valence-electron chi connectivity index (χ0n) is 16.1. The number of nitrogens with one attached hydrogen (secondary N) is 1. The average molecular weight is 381 g/mol. The molecule has 1 aliphatic heterocycles. The third kappa shape index (κ3) is 5.03. The third-order valence-corrected chi connectivity index (χ3v) is 5.31. The summed E-state index contributed by atoms with van der Waals surface area (Å²) in [7, 11) is 1.67. The number of rotatable bonds is 6. The molecule has 0 radical (unpaired) electrons. The molecule has 2 aromatic carbocycles. The number of likely N-dealkylation sites (tertiary alicyclic amines) is 1. The van der Waals surface area contributed by atoms with Crippen molar-refractivity contribution in [2.45, 2.75) is 31.2 Å². The van der Waals surface area contributed by atoms with Crippen LogP contribution < -0.4 is 15.8 Å². The van der Waals surface area contributed by atoms with Crippen molar-refractivity contribution in [1.82, 2.24) is 10.2 Å². The fraction of sp³-hybridized carbons (Fsp3) is 0.364. The Balaban J connectivity index is 1.60. The zero-order valence-corrected chi connectivity index (χ0v) is 16.1. The standard InChI is InChI=1S/C22H27N3O3/c1-28-19-9-5-8-18(14-19)16-10-12-25(13-11-16)21(26)15-20(24-22(23)27)17-6-3-2-4-7-17/h2-9,14,16,20H,10-13,15H2,1H3,(H3,23,24,27). The molecule has 1 saturated heterocycles. The van der Waals surface area contributed by atoms with Gasteiger partial charge in [-0.05, 0) is 42.0 Å². The van der Waals surface area contributed by atoms with Crippen molar-refractivity contribution in [3.8, 4) is 5.75 Å².